The molecule has 0 N–H and O–H groups in total. The fourth-order valence-electron chi connectivity index (χ4n) is 0.603. The second-order valence-corrected chi connectivity index (χ2v) is 1.66. The minimum atomic E-state index is -0.519. The Labute approximate surface area is 60.9 Å². The molecule has 0 spiro atoms. The van der Waals surface area contributed by atoms with Gasteiger partial charge in [0.2, 0.25) is 0 Å². The molecule has 0 aromatic rings. The fraction of sp³-hybridized carbons (Fsp3) is 0.571. The lowest BCUT2D eigenvalue weighted by molar-refractivity contribution is -0.0719. The van der Waals surface area contributed by atoms with E-state index in [0.717, 1.165) is 0 Å². The number of methoxy groups -OCH3 is 2. The molecule has 0 rings (SSSR count). The van der Waals surface area contributed by atoms with Crippen LogP contribution >= 0.6 is 0 Å². The molecule has 0 unspecified atom stereocenters. The number of nitriles is 1. The Kier molecular flexibility index (Phi) is 4.55. The van der Waals surface area contributed by atoms with Gasteiger partial charge in [-0.05, 0) is 6.92 Å². The Morgan fingerprint density at radius 3 is 2.10 bits per heavy atom. The maximum atomic E-state index is 8.48. The van der Waals surface area contributed by atoms with Crippen LogP contribution in [0.4, 0.5) is 0 Å². The molecule has 0 aromatic heterocycles. The molecule has 0 amide bonds. The van der Waals surface area contributed by atoms with Gasteiger partial charge in [-0.3, -0.25) is 0 Å². The van der Waals surface area contributed by atoms with Crippen LogP contribution in [0.25, 0.3) is 0 Å². The molecular formula is C7H11NO2. The number of allylic oxidation sites excluding steroid dienone is 1. The number of hydrogen-bond donors (Lipinski definition) is 0. The summed E-state index contributed by atoms with van der Waals surface area (Å²) < 4.78 is 9.66. The standard InChI is InChI=1S/C7H11NO2/c1-4-6(5-8)7(9-2)10-3/h4,7H,1-3H3/b6-4+. The van der Waals surface area contributed by atoms with Crippen LogP contribution in [0.1, 0.15) is 6.92 Å². The first kappa shape index (κ1) is 9.15. The number of hydrogen-bond acceptors (Lipinski definition) is 3. The van der Waals surface area contributed by atoms with Crippen LogP contribution in [0.3, 0.4) is 0 Å². The summed E-state index contributed by atoms with van der Waals surface area (Å²) in [4.78, 5) is 0. The zero-order chi connectivity index (χ0) is 7.98. The van der Waals surface area contributed by atoms with E-state index in [-0.39, 0.29) is 0 Å². The maximum absolute atomic E-state index is 8.48. The molecule has 0 aliphatic rings. The molecule has 3 heteroatoms. The molecule has 0 saturated carbocycles. The highest BCUT2D eigenvalue weighted by Gasteiger charge is 2.09. The summed E-state index contributed by atoms with van der Waals surface area (Å²) in [5, 5.41) is 8.48. The molecular weight excluding hydrogens is 130 g/mol. The van der Waals surface area contributed by atoms with Gasteiger partial charge in [0.1, 0.15) is 0 Å². The highest BCUT2D eigenvalue weighted by atomic mass is 16.7. The Hall–Kier alpha value is -0.850. The van der Waals surface area contributed by atoms with Crippen molar-refractivity contribution >= 4 is 0 Å². The van der Waals surface area contributed by atoms with Gasteiger partial charge >= 0.3 is 0 Å². The molecule has 0 heterocycles. The predicted molar refractivity (Wildman–Crippen MR) is 37.2 cm³/mol. The van der Waals surface area contributed by atoms with Crippen LogP contribution in [0.2, 0.25) is 0 Å². The normalized spacial score (nSPS) is 11.7. The summed E-state index contributed by atoms with van der Waals surface area (Å²) in [6, 6.07) is 1.96. The van der Waals surface area contributed by atoms with E-state index >= 15 is 0 Å². The Morgan fingerprint density at radius 2 is 2.00 bits per heavy atom. The fourth-order valence-corrected chi connectivity index (χ4v) is 0.603. The highest BCUT2D eigenvalue weighted by molar-refractivity contribution is 5.22. The zero-order valence-corrected chi connectivity index (χ0v) is 6.42. The van der Waals surface area contributed by atoms with E-state index < -0.39 is 6.29 Å². The lowest BCUT2D eigenvalue weighted by Crippen LogP contribution is -2.14. The van der Waals surface area contributed by atoms with Crippen molar-refractivity contribution in [2.45, 2.75) is 13.2 Å². The average molecular weight is 141 g/mol. The summed E-state index contributed by atoms with van der Waals surface area (Å²) in [5.74, 6) is 0. The molecule has 0 aliphatic carbocycles. The Balaban J connectivity index is 4.14. The van der Waals surface area contributed by atoms with Crippen LogP contribution in [0.5, 0.6) is 0 Å². The van der Waals surface area contributed by atoms with Crippen molar-refractivity contribution in [3.05, 3.63) is 11.6 Å². The number of ether oxygens (including phenoxy) is 2. The summed E-state index contributed by atoms with van der Waals surface area (Å²) in [7, 11) is 2.99. The monoisotopic (exact) mass is 141 g/mol. The second kappa shape index (κ2) is 4.98. The first-order chi connectivity index (χ1) is 4.79. The van der Waals surface area contributed by atoms with Gasteiger partial charge in [0.05, 0.1) is 11.6 Å². The Morgan fingerprint density at radius 1 is 1.50 bits per heavy atom. The zero-order valence-electron chi connectivity index (χ0n) is 6.42. The Bertz CT molecular complexity index is 153. The topological polar surface area (TPSA) is 42.2 Å². The van der Waals surface area contributed by atoms with Crippen LogP contribution in [-0.2, 0) is 9.47 Å². The van der Waals surface area contributed by atoms with Crippen LogP contribution < -0.4 is 0 Å². The molecule has 0 saturated heterocycles. The first-order valence-electron chi connectivity index (χ1n) is 2.92. The molecule has 10 heavy (non-hydrogen) atoms. The van der Waals surface area contributed by atoms with Crippen molar-refractivity contribution in [3.63, 3.8) is 0 Å². The second-order valence-electron chi connectivity index (χ2n) is 1.66. The molecule has 0 radical (unpaired) electrons. The van der Waals surface area contributed by atoms with Crippen LogP contribution in [-0.4, -0.2) is 20.5 Å². The number of nitrogens with zero attached hydrogens (tertiary/aromatic N) is 1. The minimum Gasteiger partial charge on any atom is -0.351 e. The van der Waals surface area contributed by atoms with Gasteiger partial charge in [0.15, 0.2) is 6.29 Å². The quantitative estimate of drug-likeness (QED) is 0.436. The molecule has 56 valence electrons. The first-order valence-corrected chi connectivity index (χ1v) is 2.92. The average Bonchev–Trinajstić information content (AvgIpc) is 2.00. The molecule has 0 fully saturated rings. The number of rotatable bonds is 3. The van der Waals surface area contributed by atoms with Gasteiger partial charge in [-0.2, -0.15) is 5.26 Å². The van der Waals surface area contributed by atoms with Gasteiger partial charge in [-0.25, -0.2) is 0 Å². The van der Waals surface area contributed by atoms with E-state index in [2.05, 4.69) is 0 Å². The molecule has 0 atom stereocenters. The molecule has 0 aromatic carbocycles. The molecule has 0 aliphatic heterocycles. The van der Waals surface area contributed by atoms with Gasteiger partial charge in [0.25, 0.3) is 0 Å². The van der Waals surface area contributed by atoms with E-state index in [1.54, 1.807) is 13.0 Å². The largest absolute Gasteiger partial charge is 0.351 e. The highest BCUT2D eigenvalue weighted by Crippen LogP contribution is 2.04. The van der Waals surface area contributed by atoms with Crippen LogP contribution in [0.15, 0.2) is 11.6 Å². The van der Waals surface area contributed by atoms with E-state index in [1.807, 2.05) is 6.07 Å². The van der Waals surface area contributed by atoms with Crippen molar-refractivity contribution in [2.75, 3.05) is 14.2 Å². The maximum Gasteiger partial charge on any atom is 0.192 e. The third-order valence-corrected chi connectivity index (χ3v) is 1.12. The smallest absolute Gasteiger partial charge is 0.192 e. The lowest BCUT2D eigenvalue weighted by Gasteiger charge is -2.10. The predicted octanol–water partition coefficient (Wildman–Crippen LogP) is 1.08. The summed E-state index contributed by atoms with van der Waals surface area (Å²) in [6.45, 7) is 1.77. The van der Waals surface area contributed by atoms with Crippen molar-refractivity contribution in [1.29, 1.82) is 5.26 Å². The minimum absolute atomic E-state index is 0.491. The van der Waals surface area contributed by atoms with Gasteiger partial charge in [0, 0.05) is 14.2 Å². The van der Waals surface area contributed by atoms with Crippen molar-refractivity contribution < 1.29 is 9.47 Å². The summed E-state index contributed by atoms with van der Waals surface area (Å²) in [5.41, 5.74) is 0.491. The summed E-state index contributed by atoms with van der Waals surface area (Å²) in [6.07, 6.45) is 1.15. The summed E-state index contributed by atoms with van der Waals surface area (Å²) >= 11 is 0. The van der Waals surface area contributed by atoms with E-state index in [4.69, 9.17) is 14.7 Å². The third kappa shape index (κ3) is 2.18. The molecule has 3 nitrogen and oxygen atoms in total. The van der Waals surface area contributed by atoms with Crippen molar-refractivity contribution in [1.82, 2.24) is 0 Å². The molecule has 0 bridgehead atoms. The lowest BCUT2D eigenvalue weighted by atomic mass is 10.3. The van der Waals surface area contributed by atoms with E-state index in [9.17, 15) is 0 Å². The van der Waals surface area contributed by atoms with Gasteiger partial charge in [-0.1, -0.05) is 6.08 Å². The third-order valence-electron chi connectivity index (χ3n) is 1.12. The SMILES string of the molecule is C/C=C(\C#N)C(OC)OC. The van der Waals surface area contributed by atoms with Crippen LogP contribution in [0, 0.1) is 11.3 Å². The van der Waals surface area contributed by atoms with Crippen molar-refractivity contribution in [3.8, 4) is 6.07 Å². The van der Waals surface area contributed by atoms with E-state index in [1.165, 1.54) is 14.2 Å². The van der Waals surface area contributed by atoms with Gasteiger partial charge < -0.3 is 9.47 Å². The van der Waals surface area contributed by atoms with Gasteiger partial charge in [-0.15, -0.1) is 0 Å². The van der Waals surface area contributed by atoms with E-state index in [0.29, 0.717) is 5.57 Å². The van der Waals surface area contributed by atoms with Crippen molar-refractivity contribution in [2.24, 2.45) is 0 Å².